The first kappa shape index (κ1) is 20.7. The summed E-state index contributed by atoms with van der Waals surface area (Å²) in [6.07, 6.45) is -2.31. The van der Waals surface area contributed by atoms with Gasteiger partial charge in [-0.05, 0) is 26.7 Å². The first-order valence-corrected chi connectivity index (χ1v) is 9.08. The lowest BCUT2D eigenvalue weighted by Crippen LogP contribution is -2.36. The standard InChI is InChI=1S/C17H25N3O8/c1-9(2)26-8-17(4-5-17)15(24)28-19-11-3-6-20(16(25)18-11)14-13(23)12(22)10(7-21)27-14/h3,6,9-10,12-14,21-23H,4-5,7-8H2,1-2H3,(H,18,19,25)/t10-,12-,13-,14-/m1/s1. The molecule has 0 unspecified atom stereocenters. The van der Waals surface area contributed by atoms with Crippen LogP contribution in [0.15, 0.2) is 17.1 Å². The molecule has 2 fully saturated rings. The van der Waals surface area contributed by atoms with Gasteiger partial charge in [-0.1, -0.05) is 0 Å². The molecule has 1 aliphatic heterocycles. The Morgan fingerprint density at radius 3 is 2.68 bits per heavy atom. The van der Waals surface area contributed by atoms with E-state index < -0.39 is 48.2 Å². The van der Waals surface area contributed by atoms with Crippen LogP contribution in [0.3, 0.4) is 0 Å². The van der Waals surface area contributed by atoms with E-state index in [0.29, 0.717) is 12.8 Å². The van der Waals surface area contributed by atoms with Crippen molar-refractivity contribution in [3.8, 4) is 0 Å². The molecular weight excluding hydrogens is 374 g/mol. The maximum atomic E-state index is 12.2. The van der Waals surface area contributed by atoms with Crippen LogP contribution in [0.1, 0.15) is 32.9 Å². The van der Waals surface area contributed by atoms with E-state index in [1.807, 2.05) is 13.8 Å². The number of ether oxygens (including phenoxy) is 2. The Kier molecular flexibility index (Phi) is 6.01. The first-order chi connectivity index (χ1) is 13.3. The summed E-state index contributed by atoms with van der Waals surface area (Å²) in [5, 5.41) is 28.9. The van der Waals surface area contributed by atoms with Gasteiger partial charge in [0.25, 0.3) is 0 Å². The van der Waals surface area contributed by atoms with Crippen molar-refractivity contribution in [2.45, 2.75) is 57.3 Å². The topological polar surface area (TPSA) is 152 Å². The Bertz CT molecular complexity index is 763. The molecule has 1 aromatic rings. The number of carbonyl (C=O) groups excluding carboxylic acids is 1. The molecule has 0 bridgehead atoms. The molecule has 3 rings (SSSR count). The number of nitrogens with zero attached hydrogens (tertiary/aromatic N) is 2. The second-order valence-electron chi connectivity index (χ2n) is 7.36. The number of aliphatic hydroxyl groups is 3. The van der Waals surface area contributed by atoms with E-state index in [4.69, 9.17) is 19.4 Å². The summed E-state index contributed by atoms with van der Waals surface area (Å²) in [4.78, 5) is 33.2. The zero-order chi connectivity index (χ0) is 20.5. The van der Waals surface area contributed by atoms with Crippen molar-refractivity contribution < 1.29 is 34.4 Å². The molecule has 28 heavy (non-hydrogen) atoms. The van der Waals surface area contributed by atoms with Gasteiger partial charge < -0.3 is 29.6 Å². The normalized spacial score (nSPS) is 28.4. The quantitative estimate of drug-likeness (QED) is 0.398. The molecule has 4 N–H and O–H groups in total. The fourth-order valence-electron chi connectivity index (χ4n) is 2.86. The van der Waals surface area contributed by atoms with Crippen LogP contribution in [0.2, 0.25) is 0 Å². The van der Waals surface area contributed by atoms with Crippen molar-refractivity contribution in [2.24, 2.45) is 5.41 Å². The highest BCUT2D eigenvalue weighted by atomic mass is 16.7. The molecule has 0 amide bonds. The molecule has 4 atom stereocenters. The molecule has 0 spiro atoms. The second-order valence-corrected chi connectivity index (χ2v) is 7.36. The minimum Gasteiger partial charge on any atom is -0.394 e. The van der Waals surface area contributed by atoms with Crippen molar-refractivity contribution in [3.05, 3.63) is 22.7 Å². The van der Waals surface area contributed by atoms with Gasteiger partial charge in [-0.15, -0.1) is 0 Å². The van der Waals surface area contributed by atoms with Gasteiger partial charge in [0.2, 0.25) is 0 Å². The first-order valence-electron chi connectivity index (χ1n) is 9.08. The predicted octanol–water partition coefficient (Wildman–Crippen LogP) is -1.07. The highest BCUT2D eigenvalue weighted by Crippen LogP contribution is 2.47. The molecule has 156 valence electrons. The Labute approximate surface area is 160 Å². The molecule has 0 radical (unpaired) electrons. The van der Waals surface area contributed by atoms with Gasteiger partial charge in [0.15, 0.2) is 12.0 Å². The fourth-order valence-corrected chi connectivity index (χ4v) is 2.86. The number of carbonyl (C=O) groups is 1. The Balaban J connectivity index is 1.61. The number of aromatic nitrogens is 2. The molecule has 2 aliphatic rings. The van der Waals surface area contributed by atoms with E-state index in [1.54, 1.807) is 0 Å². The smallest absolute Gasteiger partial charge is 0.351 e. The van der Waals surface area contributed by atoms with Crippen LogP contribution in [0.4, 0.5) is 5.82 Å². The third-order valence-electron chi connectivity index (χ3n) is 4.85. The van der Waals surface area contributed by atoms with Crippen molar-refractivity contribution in [3.63, 3.8) is 0 Å². The van der Waals surface area contributed by atoms with Crippen molar-refractivity contribution in [1.82, 2.24) is 9.55 Å². The maximum absolute atomic E-state index is 12.2. The summed E-state index contributed by atoms with van der Waals surface area (Å²) in [5.74, 6) is -0.482. The number of hydrogen-bond acceptors (Lipinski definition) is 10. The molecule has 11 heteroatoms. The van der Waals surface area contributed by atoms with Crippen molar-refractivity contribution in [1.29, 1.82) is 0 Å². The minimum absolute atomic E-state index is 0.00178. The summed E-state index contributed by atoms with van der Waals surface area (Å²) in [6.45, 7) is 3.52. The number of anilines is 1. The van der Waals surface area contributed by atoms with Crippen LogP contribution in [-0.4, -0.2) is 68.5 Å². The lowest BCUT2D eigenvalue weighted by Gasteiger charge is -2.18. The van der Waals surface area contributed by atoms with Crippen molar-refractivity contribution in [2.75, 3.05) is 18.7 Å². The summed E-state index contributed by atoms with van der Waals surface area (Å²) in [7, 11) is 0. The third kappa shape index (κ3) is 4.18. The van der Waals surface area contributed by atoms with E-state index in [-0.39, 0.29) is 18.5 Å². The second kappa shape index (κ2) is 8.13. The molecule has 11 nitrogen and oxygen atoms in total. The van der Waals surface area contributed by atoms with Crippen LogP contribution in [0.25, 0.3) is 0 Å². The van der Waals surface area contributed by atoms with Gasteiger partial charge >= 0.3 is 11.7 Å². The summed E-state index contributed by atoms with van der Waals surface area (Å²) < 4.78 is 11.8. The third-order valence-corrected chi connectivity index (χ3v) is 4.85. The van der Waals surface area contributed by atoms with Crippen molar-refractivity contribution >= 4 is 11.8 Å². The number of nitrogens with one attached hydrogen (secondary N) is 1. The summed E-state index contributed by atoms with van der Waals surface area (Å²) in [6, 6.07) is 1.35. The highest BCUT2D eigenvalue weighted by molar-refractivity contribution is 5.80. The maximum Gasteiger partial charge on any atom is 0.351 e. The Morgan fingerprint density at radius 1 is 1.43 bits per heavy atom. The van der Waals surface area contributed by atoms with Gasteiger partial charge in [0.1, 0.15) is 18.3 Å². The lowest BCUT2D eigenvalue weighted by molar-refractivity contribution is -0.150. The summed E-state index contributed by atoms with van der Waals surface area (Å²) in [5.41, 5.74) is 0.900. The predicted molar refractivity (Wildman–Crippen MR) is 94.0 cm³/mol. The molecule has 1 saturated carbocycles. The van der Waals surface area contributed by atoms with E-state index in [1.165, 1.54) is 12.3 Å². The number of aliphatic hydroxyl groups excluding tert-OH is 3. The molecule has 1 saturated heterocycles. The molecule has 1 aliphatic carbocycles. The van der Waals surface area contributed by atoms with Crippen LogP contribution >= 0.6 is 0 Å². The zero-order valence-corrected chi connectivity index (χ0v) is 15.6. The average Bonchev–Trinajstić information content (AvgIpc) is 3.41. The van der Waals surface area contributed by atoms with Crippen LogP contribution in [0, 0.1) is 5.41 Å². The van der Waals surface area contributed by atoms with Gasteiger partial charge in [-0.3, -0.25) is 4.57 Å². The molecule has 0 aromatic carbocycles. The zero-order valence-electron chi connectivity index (χ0n) is 15.6. The van der Waals surface area contributed by atoms with Crippen LogP contribution in [-0.2, 0) is 19.1 Å². The lowest BCUT2D eigenvalue weighted by atomic mass is 10.1. The van der Waals surface area contributed by atoms with E-state index in [9.17, 15) is 19.8 Å². The van der Waals surface area contributed by atoms with E-state index in [0.717, 1.165) is 4.57 Å². The molecule has 1 aromatic heterocycles. The van der Waals surface area contributed by atoms with Crippen LogP contribution < -0.4 is 11.2 Å². The van der Waals surface area contributed by atoms with Gasteiger partial charge in [-0.25, -0.2) is 15.1 Å². The van der Waals surface area contributed by atoms with E-state index >= 15 is 0 Å². The highest BCUT2D eigenvalue weighted by Gasteiger charge is 2.52. The van der Waals surface area contributed by atoms with E-state index in [2.05, 4.69) is 10.5 Å². The average molecular weight is 399 g/mol. The minimum atomic E-state index is -1.40. The number of rotatable bonds is 8. The monoisotopic (exact) mass is 399 g/mol. The van der Waals surface area contributed by atoms with Crippen LogP contribution in [0.5, 0.6) is 0 Å². The molecule has 2 heterocycles. The SMILES string of the molecule is CC(C)OCC1(C(=O)ONc2ccn([C@@H]3O[C@H](CO)[C@@H](O)[C@H]3O)c(=O)n2)CC1. The Morgan fingerprint density at radius 2 is 2.14 bits per heavy atom. The van der Waals surface area contributed by atoms with Gasteiger partial charge in [0.05, 0.1) is 24.7 Å². The number of hydrogen-bond donors (Lipinski definition) is 4. The molecular formula is C17H25N3O8. The fraction of sp³-hybridized carbons (Fsp3) is 0.706. The summed E-state index contributed by atoms with van der Waals surface area (Å²) >= 11 is 0. The Hall–Kier alpha value is -2.05. The van der Waals surface area contributed by atoms with Gasteiger partial charge in [0, 0.05) is 12.3 Å². The van der Waals surface area contributed by atoms with Gasteiger partial charge in [-0.2, -0.15) is 4.98 Å². The largest absolute Gasteiger partial charge is 0.394 e.